The largest absolute Gasteiger partial charge is 0.507 e. The molecule has 6 heteroatoms. The monoisotopic (exact) mass is 414 g/mol. The predicted molar refractivity (Wildman–Crippen MR) is 114 cm³/mol. The molecule has 1 aliphatic rings. The van der Waals surface area contributed by atoms with Crippen molar-refractivity contribution in [3.8, 4) is 5.75 Å². The van der Waals surface area contributed by atoms with Gasteiger partial charge >= 0.3 is 0 Å². The standard InChI is InChI=1S/C23H26O5S/c1-12-13(2)21(26)18(23-22(27)19(25)10-16(11-24)28-23)9-15(12)8-17-7-14-5-3-4-6-20(14)29-17/h3-7,9,16,19,22-27H,8,10-11H2,1-2H3. The fourth-order valence-electron chi connectivity index (χ4n) is 4.04. The average Bonchev–Trinajstić information content (AvgIpc) is 3.13. The molecule has 0 bridgehead atoms. The summed E-state index contributed by atoms with van der Waals surface area (Å²) in [5.74, 6) is 0.0671. The molecule has 0 amide bonds. The van der Waals surface area contributed by atoms with Crippen LogP contribution in [0.3, 0.4) is 0 Å². The summed E-state index contributed by atoms with van der Waals surface area (Å²) >= 11 is 1.74. The zero-order chi connectivity index (χ0) is 20.7. The maximum Gasteiger partial charge on any atom is 0.124 e. The Morgan fingerprint density at radius 3 is 2.59 bits per heavy atom. The lowest BCUT2D eigenvalue weighted by Gasteiger charge is -2.37. The van der Waals surface area contributed by atoms with Crippen molar-refractivity contribution in [2.45, 2.75) is 51.1 Å². The minimum absolute atomic E-state index is 0.0671. The summed E-state index contributed by atoms with van der Waals surface area (Å²) in [4.78, 5) is 1.21. The molecule has 4 atom stereocenters. The average molecular weight is 415 g/mol. The lowest BCUT2D eigenvalue weighted by molar-refractivity contribution is -0.180. The minimum atomic E-state index is -1.16. The van der Waals surface area contributed by atoms with Crippen LogP contribution >= 0.6 is 11.3 Å². The van der Waals surface area contributed by atoms with Crippen molar-refractivity contribution in [2.75, 3.05) is 6.61 Å². The predicted octanol–water partition coefficient (Wildman–Crippen LogP) is 3.36. The van der Waals surface area contributed by atoms with Crippen molar-refractivity contribution in [3.05, 3.63) is 63.5 Å². The van der Waals surface area contributed by atoms with Crippen molar-refractivity contribution in [3.63, 3.8) is 0 Å². The highest BCUT2D eigenvalue weighted by Gasteiger charge is 2.39. The van der Waals surface area contributed by atoms with Gasteiger partial charge in [-0.3, -0.25) is 0 Å². The van der Waals surface area contributed by atoms with E-state index < -0.39 is 24.4 Å². The Labute approximate surface area is 173 Å². The van der Waals surface area contributed by atoms with Crippen LogP contribution < -0.4 is 0 Å². The highest BCUT2D eigenvalue weighted by atomic mass is 32.1. The molecule has 1 saturated heterocycles. The molecule has 0 saturated carbocycles. The highest BCUT2D eigenvalue weighted by molar-refractivity contribution is 7.19. The first-order valence-electron chi connectivity index (χ1n) is 9.81. The Balaban J connectivity index is 1.73. The summed E-state index contributed by atoms with van der Waals surface area (Å²) in [5, 5.41) is 42.1. The van der Waals surface area contributed by atoms with Crippen LogP contribution in [0, 0.1) is 13.8 Å². The number of aliphatic hydroxyl groups excluding tert-OH is 3. The smallest absolute Gasteiger partial charge is 0.124 e. The number of hydrogen-bond donors (Lipinski definition) is 4. The molecule has 0 radical (unpaired) electrons. The third kappa shape index (κ3) is 3.79. The molecule has 1 aromatic heterocycles. The normalized spacial score (nSPS) is 24.9. The molecule has 1 aliphatic heterocycles. The van der Waals surface area contributed by atoms with E-state index in [0.29, 0.717) is 12.0 Å². The fraction of sp³-hybridized carbons (Fsp3) is 0.391. The van der Waals surface area contributed by atoms with Gasteiger partial charge in [-0.25, -0.2) is 0 Å². The van der Waals surface area contributed by atoms with Crippen LogP contribution in [0.1, 0.15) is 39.7 Å². The summed E-state index contributed by atoms with van der Waals surface area (Å²) in [6.07, 6.45) is -2.79. The van der Waals surface area contributed by atoms with E-state index in [1.54, 1.807) is 11.3 Å². The number of aliphatic hydroxyl groups is 3. The minimum Gasteiger partial charge on any atom is -0.507 e. The summed E-state index contributed by atoms with van der Waals surface area (Å²) in [5.41, 5.74) is 3.22. The maximum atomic E-state index is 10.8. The van der Waals surface area contributed by atoms with Crippen molar-refractivity contribution in [2.24, 2.45) is 0 Å². The van der Waals surface area contributed by atoms with E-state index >= 15 is 0 Å². The quantitative estimate of drug-likeness (QED) is 0.526. The number of thiophene rings is 1. The molecular formula is C23H26O5S. The zero-order valence-corrected chi connectivity index (χ0v) is 17.3. The number of phenols is 1. The lowest BCUT2D eigenvalue weighted by Crippen LogP contribution is -2.44. The van der Waals surface area contributed by atoms with Crippen LogP contribution in [0.4, 0.5) is 0 Å². The number of fused-ring (bicyclic) bond motifs is 1. The van der Waals surface area contributed by atoms with Crippen molar-refractivity contribution in [1.29, 1.82) is 0 Å². The van der Waals surface area contributed by atoms with Crippen molar-refractivity contribution in [1.82, 2.24) is 0 Å². The van der Waals surface area contributed by atoms with Crippen LogP contribution in [-0.4, -0.2) is 45.3 Å². The first-order valence-corrected chi connectivity index (χ1v) is 10.6. The first-order chi connectivity index (χ1) is 13.9. The second-order valence-electron chi connectivity index (χ2n) is 7.81. The number of rotatable bonds is 4. The van der Waals surface area contributed by atoms with E-state index in [0.717, 1.165) is 16.7 Å². The molecule has 29 heavy (non-hydrogen) atoms. The molecule has 2 heterocycles. The molecule has 4 unspecified atom stereocenters. The molecule has 0 aliphatic carbocycles. The lowest BCUT2D eigenvalue weighted by atomic mass is 9.88. The second-order valence-corrected chi connectivity index (χ2v) is 8.97. The molecule has 0 spiro atoms. The van der Waals surface area contributed by atoms with Gasteiger partial charge in [-0.2, -0.15) is 0 Å². The Bertz CT molecular complexity index is 995. The van der Waals surface area contributed by atoms with Crippen LogP contribution in [0.25, 0.3) is 10.1 Å². The van der Waals surface area contributed by atoms with E-state index in [1.807, 2.05) is 32.0 Å². The zero-order valence-electron chi connectivity index (χ0n) is 16.5. The summed E-state index contributed by atoms with van der Waals surface area (Å²) in [6, 6.07) is 12.3. The number of aromatic hydroxyl groups is 1. The number of hydrogen-bond acceptors (Lipinski definition) is 6. The summed E-state index contributed by atoms with van der Waals surface area (Å²) < 4.78 is 7.05. The van der Waals surface area contributed by atoms with E-state index in [9.17, 15) is 20.4 Å². The van der Waals surface area contributed by atoms with Gasteiger partial charge in [0.05, 0.1) is 18.8 Å². The van der Waals surface area contributed by atoms with Gasteiger partial charge in [0.2, 0.25) is 0 Å². The summed E-state index contributed by atoms with van der Waals surface area (Å²) in [7, 11) is 0. The molecule has 4 rings (SSSR count). The summed E-state index contributed by atoms with van der Waals surface area (Å²) in [6.45, 7) is 3.57. The number of benzene rings is 2. The van der Waals surface area contributed by atoms with Gasteiger partial charge in [0.25, 0.3) is 0 Å². The Kier molecular flexibility index (Phi) is 5.64. The van der Waals surface area contributed by atoms with E-state index in [2.05, 4.69) is 18.2 Å². The molecule has 4 N–H and O–H groups in total. The van der Waals surface area contributed by atoms with Crippen molar-refractivity contribution < 1.29 is 25.2 Å². The van der Waals surface area contributed by atoms with E-state index in [-0.39, 0.29) is 18.8 Å². The number of phenolic OH excluding ortho intramolecular Hbond substituents is 1. The van der Waals surface area contributed by atoms with Crippen LogP contribution in [-0.2, 0) is 11.2 Å². The Hall–Kier alpha value is -1.96. The molecule has 1 fully saturated rings. The highest BCUT2D eigenvalue weighted by Crippen LogP contribution is 2.40. The molecule has 154 valence electrons. The van der Waals surface area contributed by atoms with Crippen LogP contribution in [0.2, 0.25) is 0 Å². The maximum absolute atomic E-state index is 10.8. The van der Waals surface area contributed by atoms with Crippen molar-refractivity contribution >= 4 is 21.4 Å². The SMILES string of the molecule is Cc1c(Cc2cc3ccccc3s2)cc(C2OC(CO)CC(O)C2O)c(O)c1C. The van der Waals surface area contributed by atoms with E-state index in [1.165, 1.54) is 15.0 Å². The van der Waals surface area contributed by atoms with Gasteiger partial charge in [0.1, 0.15) is 18.0 Å². The molecule has 5 nitrogen and oxygen atoms in total. The van der Waals surface area contributed by atoms with Gasteiger partial charge in [0.15, 0.2) is 0 Å². The van der Waals surface area contributed by atoms with Gasteiger partial charge in [-0.05, 0) is 54.1 Å². The third-order valence-electron chi connectivity index (χ3n) is 5.90. The Morgan fingerprint density at radius 1 is 1.10 bits per heavy atom. The van der Waals surface area contributed by atoms with Crippen LogP contribution in [0.15, 0.2) is 36.4 Å². The van der Waals surface area contributed by atoms with E-state index in [4.69, 9.17) is 4.74 Å². The Morgan fingerprint density at radius 2 is 1.86 bits per heavy atom. The fourth-order valence-corrected chi connectivity index (χ4v) is 5.13. The molecule has 2 aromatic carbocycles. The third-order valence-corrected chi connectivity index (χ3v) is 7.02. The van der Waals surface area contributed by atoms with Gasteiger partial charge in [0, 0.05) is 28.0 Å². The van der Waals surface area contributed by atoms with Gasteiger partial charge < -0.3 is 25.2 Å². The topological polar surface area (TPSA) is 90.2 Å². The first kappa shape index (κ1) is 20.3. The van der Waals surface area contributed by atoms with Crippen LogP contribution in [0.5, 0.6) is 5.75 Å². The van der Waals surface area contributed by atoms with Gasteiger partial charge in [-0.15, -0.1) is 11.3 Å². The number of ether oxygens (including phenoxy) is 1. The van der Waals surface area contributed by atoms with Gasteiger partial charge in [-0.1, -0.05) is 18.2 Å². The molecule has 3 aromatic rings. The molecular weight excluding hydrogens is 388 g/mol. The second kappa shape index (κ2) is 8.05.